The molecule has 1 heteroatoms. The van der Waals surface area contributed by atoms with E-state index >= 15 is 0 Å². The highest BCUT2D eigenvalue weighted by Gasteiger charge is 2.05. The van der Waals surface area contributed by atoms with E-state index in [0.717, 1.165) is 4.47 Å². The van der Waals surface area contributed by atoms with Gasteiger partial charge in [0, 0.05) is 4.47 Å². The summed E-state index contributed by atoms with van der Waals surface area (Å²) in [6.45, 7) is 6.50. The second-order valence-electron chi connectivity index (χ2n) is 4.28. The van der Waals surface area contributed by atoms with Crippen LogP contribution in [0.2, 0.25) is 0 Å². The van der Waals surface area contributed by atoms with E-state index in [4.69, 9.17) is 0 Å². The summed E-state index contributed by atoms with van der Waals surface area (Å²) < 4.78 is 1.12. The molecule has 0 heterocycles. The SMILES string of the molecule is Cc1cc(C)c(-c2ccc(Br)cc2)c(C)c1. The molecule has 0 aliphatic rings. The molecule has 2 aromatic rings. The van der Waals surface area contributed by atoms with Crippen molar-refractivity contribution in [2.45, 2.75) is 20.8 Å². The molecule has 0 radical (unpaired) electrons. The summed E-state index contributed by atoms with van der Waals surface area (Å²) in [4.78, 5) is 0. The molecular formula is C15H15Br. The Hall–Kier alpha value is -1.08. The number of benzene rings is 2. The number of hydrogen-bond acceptors (Lipinski definition) is 0. The molecule has 0 unspecified atom stereocenters. The number of halogens is 1. The summed E-state index contributed by atoms with van der Waals surface area (Å²) in [5.74, 6) is 0. The van der Waals surface area contributed by atoms with Crippen molar-refractivity contribution in [2.75, 3.05) is 0 Å². The van der Waals surface area contributed by atoms with Gasteiger partial charge in [-0.2, -0.15) is 0 Å². The Balaban J connectivity index is 2.60. The second kappa shape index (κ2) is 4.42. The molecule has 0 amide bonds. The van der Waals surface area contributed by atoms with Crippen LogP contribution >= 0.6 is 15.9 Å². The fourth-order valence-electron chi connectivity index (χ4n) is 2.25. The normalized spacial score (nSPS) is 10.5. The Morgan fingerprint density at radius 1 is 0.812 bits per heavy atom. The first-order chi connectivity index (χ1) is 7.58. The lowest BCUT2D eigenvalue weighted by molar-refractivity contribution is 1.32. The quantitative estimate of drug-likeness (QED) is 0.683. The highest BCUT2D eigenvalue weighted by molar-refractivity contribution is 9.10. The van der Waals surface area contributed by atoms with Crippen LogP contribution in [0.1, 0.15) is 16.7 Å². The van der Waals surface area contributed by atoms with Crippen molar-refractivity contribution in [1.82, 2.24) is 0 Å². The topological polar surface area (TPSA) is 0 Å². The molecule has 0 aliphatic heterocycles. The Labute approximate surface area is 105 Å². The summed E-state index contributed by atoms with van der Waals surface area (Å²) in [5.41, 5.74) is 6.67. The van der Waals surface area contributed by atoms with Crippen molar-refractivity contribution in [3.63, 3.8) is 0 Å². The zero-order valence-corrected chi connectivity index (χ0v) is 11.4. The first-order valence-electron chi connectivity index (χ1n) is 5.42. The Bertz CT molecular complexity index is 486. The lowest BCUT2D eigenvalue weighted by Gasteiger charge is -2.11. The molecule has 0 bridgehead atoms. The van der Waals surface area contributed by atoms with Gasteiger partial charge < -0.3 is 0 Å². The summed E-state index contributed by atoms with van der Waals surface area (Å²) >= 11 is 3.47. The van der Waals surface area contributed by atoms with Crippen LogP contribution in [-0.2, 0) is 0 Å². The Morgan fingerprint density at radius 2 is 1.31 bits per heavy atom. The third-order valence-electron chi connectivity index (χ3n) is 2.81. The summed E-state index contributed by atoms with van der Waals surface area (Å²) in [6, 6.07) is 13.0. The van der Waals surface area contributed by atoms with Crippen LogP contribution in [0.3, 0.4) is 0 Å². The van der Waals surface area contributed by atoms with Crippen LogP contribution in [0.25, 0.3) is 11.1 Å². The van der Waals surface area contributed by atoms with Crippen LogP contribution < -0.4 is 0 Å². The fraction of sp³-hybridized carbons (Fsp3) is 0.200. The first-order valence-corrected chi connectivity index (χ1v) is 6.21. The van der Waals surface area contributed by atoms with Crippen molar-refractivity contribution in [2.24, 2.45) is 0 Å². The van der Waals surface area contributed by atoms with Crippen LogP contribution in [-0.4, -0.2) is 0 Å². The average Bonchev–Trinajstić information content (AvgIpc) is 2.19. The smallest absolute Gasteiger partial charge is 0.0175 e. The van der Waals surface area contributed by atoms with Gasteiger partial charge in [0.2, 0.25) is 0 Å². The van der Waals surface area contributed by atoms with E-state index in [-0.39, 0.29) is 0 Å². The molecule has 0 aliphatic carbocycles. The highest BCUT2D eigenvalue weighted by Crippen LogP contribution is 2.29. The average molecular weight is 275 g/mol. The van der Waals surface area contributed by atoms with E-state index in [9.17, 15) is 0 Å². The molecule has 2 rings (SSSR count). The van der Waals surface area contributed by atoms with Crippen molar-refractivity contribution >= 4 is 15.9 Å². The van der Waals surface area contributed by atoms with E-state index < -0.39 is 0 Å². The molecule has 0 saturated heterocycles. The molecule has 0 atom stereocenters. The maximum absolute atomic E-state index is 3.47. The van der Waals surface area contributed by atoms with E-state index in [1.807, 2.05) is 0 Å². The van der Waals surface area contributed by atoms with Crippen molar-refractivity contribution in [3.05, 3.63) is 57.6 Å². The number of aryl methyl sites for hydroxylation is 3. The lowest BCUT2D eigenvalue weighted by atomic mass is 9.94. The van der Waals surface area contributed by atoms with Gasteiger partial charge in [-0.25, -0.2) is 0 Å². The molecule has 0 N–H and O–H groups in total. The molecule has 16 heavy (non-hydrogen) atoms. The maximum atomic E-state index is 3.47. The van der Waals surface area contributed by atoms with Gasteiger partial charge in [-0.05, 0) is 55.2 Å². The zero-order chi connectivity index (χ0) is 11.7. The first kappa shape index (κ1) is 11.4. The van der Waals surface area contributed by atoms with Gasteiger partial charge in [-0.3, -0.25) is 0 Å². The van der Waals surface area contributed by atoms with E-state index in [0.29, 0.717) is 0 Å². The fourth-order valence-corrected chi connectivity index (χ4v) is 2.52. The summed E-state index contributed by atoms with van der Waals surface area (Å²) in [6.07, 6.45) is 0. The van der Waals surface area contributed by atoms with Crippen LogP contribution in [0.15, 0.2) is 40.9 Å². The molecular weight excluding hydrogens is 260 g/mol. The van der Waals surface area contributed by atoms with Gasteiger partial charge >= 0.3 is 0 Å². The second-order valence-corrected chi connectivity index (χ2v) is 5.20. The van der Waals surface area contributed by atoms with Crippen LogP contribution in [0, 0.1) is 20.8 Å². The summed E-state index contributed by atoms with van der Waals surface area (Å²) in [7, 11) is 0. The van der Waals surface area contributed by atoms with Crippen LogP contribution in [0.4, 0.5) is 0 Å². The maximum Gasteiger partial charge on any atom is 0.0175 e. The standard InChI is InChI=1S/C15H15Br/c1-10-8-11(2)15(12(3)9-10)13-4-6-14(16)7-5-13/h4-9H,1-3H3. The van der Waals surface area contributed by atoms with Gasteiger partial charge in [0.1, 0.15) is 0 Å². The molecule has 0 aromatic heterocycles. The van der Waals surface area contributed by atoms with Gasteiger partial charge in [-0.1, -0.05) is 45.8 Å². The monoisotopic (exact) mass is 274 g/mol. The highest BCUT2D eigenvalue weighted by atomic mass is 79.9. The predicted octanol–water partition coefficient (Wildman–Crippen LogP) is 5.04. The molecule has 2 aromatic carbocycles. The van der Waals surface area contributed by atoms with Gasteiger partial charge in [0.15, 0.2) is 0 Å². The van der Waals surface area contributed by atoms with E-state index in [2.05, 4.69) is 73.1 Å². The third kappa shape index (κ3) is 2.19. The van der Waals surface area contributed by atoms with E-state index in [1.54, 1.807) is 0 Å². The van der Waals surface area contributed by atoms with Crippen molar-refractivity contribution in [3.8, 4) is 11.1 Å². The predicted molar refractivity (Wildman–Crippen MR) is 73.8 cm³/mol. The Morgan fingerprint density at radius 3 is 1.81 bits per heavy atom. The van der Waals surface area contributed by atoms with E-state index in [1.165, 1.54) is 27.8 Å². The third-order valence-corrected chi connectivity index (χ3v) is 3.34. The van der Waals surface area contributed by atoms with Crippen molar-refractivity contribution in [1.29, 1.82) is 0 Å². The minimum Gasteiger partial charge on any atom is -0.0557 e. The van der Waals surface area contributed by atoms with Gasteiger partial charge in [-0.15, -0.1) is 0 Å². The molecule has 82 valence electrons. The number of hydrogen-bond donors (Lipinski definition) is 0. The van der Waals surface area contributed by atoms with Crippen molar-refractivity contribution < 1.29 is 0 Å². The zero-order valence-electron chi connectivity index (χ0n) is 9.84. The molecule has 0 saturated carbocycles. The van der Waals surface area contributed by atoms with Crippen LogP contribution in [0.5, 0.6) is 0 Å². The molecule has 0 fully saturated rings. The minimum atomic E-state index is 1.12. The summed E-state index contributed by atoms with van der Waals surface area (Å²) in [5, 5.41) is 0. The van der Waals surface area contributed by atoms with Gasteiger partial charge in [0.25, 0.3) is 0 Å². The Kier molecular flexibility index (Phi) is 3.15. The number of rotatable bonds is 1. The lowest BCUT2D eigenvalue weighted by Crippen LogP contribution is -1.89. The molecule has 0 spiro atoms. The largest absolute Gasteiger partial charge is 0.0557 e. The van der Waals surface area contributed by atoms with Gasteiger partial charge in [0.05, 0.1) is 0 Å². The molecule has 0 nitrogen and oxygen atoms in total. The minimum absolute atomic E-state index is 1.12.